The van der Waals surface area contributed by atoms with Crippen LogP contribution in [0.15, 0.2) is 24.5 Å². The lowest BCUT2D eigenvalue weighted by Crippen LogP contribution is -2.52. The highest BCUT2D eigenvalue weighted by molar-refractivity contribution is 7.11. The highest BCUT2D eigenvalue weighted by Crippen LogP contribution is 2.27. The van der Waals surface area contributed by atoms with Crippen molar-refractivity contribution in [2.75, 3.05) is 6.61 Å². The zero-order chi connectivity index (χ0) is 17.9. The minimum absolute atomic E-state index is 0.125. The van der Waals surface area contributed by atoms with Crippen molar-refractivity contribution in [2.45, 2.75) is 44.4 Å². The lowest BCUT2D eigenvalue weighted by Gasteiger charge is -2.31. The summed E-state index contributed by atoms with van der Waals surface area (Å²) in [6.07, 6.45) is 7.01. The maximum Gasteiger partial charge on any atom is 0.252 e. The molecular weight excluding hydrogens is 352 g/mol. The van der Waals surface area contributed by atoms with Crippen LogP contribution in [0.25, 0.3) is 0 Å². The molecule has 0 spiro atoms. The van der Waals surface area contributed by atoms with Gasteiger partial charge in [-0.1, -0.05) is 6.07 Å². The Bertz CT molecular complexity index is 785. The molecule has 1 aliphatic carbocycles. The van der Waals surface area contributed by atoms with Crippen molar-refractivity contribution in [1.29, 1.82) is 0 Å². The van der Waals surface area contributed by atoms with E-state index in [4.69, 9.17) is 4.74 Å². The summed E-state index contributed by atoms with van der Waals surface area (Å²) in [5.41, 5.74) is 1.92. The quantitative estimate of drug-likeness (QED) is 0.844. The summed E-state index contributed by atoms with van der Waals surface area (Å²) >= 11 is 1.68. The van der Waals surface area contributed by atoms with E-state index in [0.717, 1.165) is 23.4 Å². The van der Waals surface area contributed by atoms with Crippen molar-refractivity contribution in [3.05, 3.63) is 45.7 Å². The Kier molecular flexibility index (Phi) is 4.94. The van der Waals surface area contributed by atoms with Gasteiger partial charge in [0.1, 0.15) is 11.6 Å². The van der Waals surface area contributed by atoms with Gasteiger partial charge in [0, 0.05) is 17.3 Å². The summed E-state index contributed by atoms with van der Waals surface area (Å²) in [7, 11) is 0. The number of morpholine rings is 1. The second-order valence-corrected chi connectivity index (χ2v) is 7.63. The lowest BCUT2D eigenvalue weighted by atomic mass is 10.0. The fraction of sp³-hybridized carbons (Fsp3) is 0.444. The standard InChI is InChI=1S/C18H20N4O3S/c23-14-10-25-17(16(22-14)11-4-3-7-19-8-11)18(24)20-9-15-21-12-5-1-2-6-13(12)26-15/h3-4,7-8,16-17H,1-2,5-6,9-10H2,(H,20,24)(H,22,23)/t16-,17+/m1/s1. The minimum atomic E-state index is -0.786. The number of pyridine rings is 1. The van der Waals surface area contributed by atoms with Crippen LogP contribution in [0.5, 0.6) is 0 Å². The molecular formula is C18H20N4O3S. The first-order chi connectivity index (χ1) is 12.7. The number of nitrogens with zero attached hydrogens (tertiary/aromatic N) is 2. The largest absolute Gasteiger partial charge is 0.356 e. The van der Waals surface area contributed by atoms with Crippen LogP contribution in [0.1, 0.15) is 40.0 Å². The number of aryl methyl sites for hydroxylation is 2. The number of hydrogen-bond donors (Lipinski definition) is 2. The van der Waals surface area contributed by atoms with Crippen LogP contribution in [0, 0.1) is 0 Å². The topological polar surface area (TPSA) is 93.2 Å². The number of hydrogen-bond acceptors (Lipinski definition) is 6. The number of thiazole rings is 1. The monoisotopic (exact) mass is 372 g/mol. The van der Waals surface area contributed by atoms with Gasteiger partial charge >= 0.3 is 0 Å². The SMILES string of the molecule is O=C1CO[C@H](C(=O)NCc2nc3c(s2)CCCC3)[C@@H](c2cccnc2)N1. The molecule has 7 nitrogen and oxygen atoms in total. The van der Waals surface area contributed by atoms with E-state index in [0.29, 0.717) is 6.54 Å². The third kappa shape index (κ3) is 3.61. The van der Waals surface area contributed by atoms with Gasteiger partial charge in [0.2, 0.25) is 5.91 Å². The normalized spacial score (nSPS) is 22.4. The molecule has 26 heavy (non-hydrogen) atoms. The molecule has 2 aromatic rings. The van der Waals surface area contributed by atoms with Crippen LogP contribution in [0.2, 0.25) is 0 Å². The Morgan fingerprint density at radius 1 is 1.38 bits per heavy atom. The third-order valence-corrected chi connectivity index (χ3v) is 5.78. The fourth-order valence-electron chi connectivity index (χ4n) is 3.34. The highest BCUT2D eigenvalue weighted by atomic mass is 32.1. The first-order valence-electron chi connectivity index (χ1n) is 8.77. The zero-order valence-corrected chi connectivity index (χ0v) is 15.1. The van der Waals surface area contributed by atoms with Gasteiger partial charge in [0.25, 0.3) is 5.91 Å². The van der Waals surface area contributed by atoms with Crippen LogP contribution in [-0.2, 0) is 33.7 Å². The molecule has 4 rings (SSSR count). The van der Waals surface area contributed by atoms with E-state index in [1.54, 1.807) is 29.8 Å². The summed E-state index contributed by atoms with van der Waals surface area (Å²) in [6, 6.07) is 3.04. The predicted molar refractivity (Wildman–Crippen MR) is 95.5 cm³/mol. The van der Waals surface area contributed by atoms with E-state index < -0.39 is 12.1 Å². The average molecular weight is 372 g/mol. The summed E-state index contributed by atoms with van der Waals surface area (Å²) in [5, 5.41) is 6.65. The van der Waals surface area contributed by atoms with Crippen LogP contribution in [0.4, 0.5) is 0 Å². The van der Waals surface area contributed by atoms with Gasteiger partial charge in [-0.15, -0.1) is 11.3 Å². The number of rotatable bonds is 4. The summed E-state index contributed by atoms with van der Waals surface area (Å²) in [6.45, 7) is 0.254. The Morgan fingerprint density at radius 2 is 2.27 bits per heavy atom. The lowest BCUT2D eigenvalue weighted by molar-refractivity contribution is -0.148. The van der Waals surface area contributed by atoms with Crippen LogP contribution < -0.4 is 10.6 Å². The molecule has 2 N–H and O–H groups in total. The minimum Gasteiger partial charge on any atom is -0.356 e. The van der Waals surface area contributed by atoms with Crippen molar-refractivity contribution in [3.8, 4) is 0 Å². The fourth-order valence-corrected chi connectivity index (χ4v) is 4.44. The molecule has 0 aromatic carbocycles. The third-order valence-electron chi connectivity index (χ3n) is 4.62. The molecule has 0 unspecified atom stereocenters. The van der Waals surface area contributed by atoms with Crippen LogP contribution >= 0.6 is 11.3 Å². The number of fused-ring (bicyclic) bond motifs is 1. The van der Waals surface area contributed by atoms with E-state index in [-0.39, 0.29) is 18.4 Å². The number of aromatic nitrogens is 2. The molecule has 8 heteroatoms. The molecule has 2 aliphatic rings. The van der Waals surface area contributed by atoms with Gasteiger partial charge in [-0.2, -0.15) is 0 Å². The number of nitrogens with one attached hydrogen (secondary N) is 2. The molecule has 0 bridgehead atoms. The second-order valence-electron chi connectivity index (χ2n) is 6.47. The van der Waals surface area contributed by atoms with Gasteiger partial charge in [-0.3, -0.25) is 14.6 Å². The molecule has 1 aliphatic heterocycles. The summed E-state index contributed by atoms with van der Waals surface area (Å²) in [5.74, 6) is -0.498. The first-order valence-corrected chi connectivity index (χ1v) is 9.58. The van der Waals surface area contributed by atoms with Gasteiger partial charge in [0.15, 0.2) is 6.10 Å². The Hall–Kier alpha value is -2.32. The van der Waals surface area contributed by atoms with Crippen LogP contribution in [0.3, 0.4) is 0 Å². The molecule has 2 atom stereocenters. The molecule has 136 valence electrons. The number of ether oxygens (including phenoxy) is 1. The van der Waals surface area contributed by atoms with Crippen molar-refractivity contribution in [1.82, 2.24) is 20.6 Å². The average Bonchev–Trinajstić information content (AvgIpc) is 3.10. The number of carbonyl (C=O) groups is 2. The number of amides is 2. The number of carbonyl (C=O) groups excluding carboxylic acids is 2. The van der Waals surface area contributed by atoms with Crippen molar-refractivity contribution < 1.29 is 14.3 Å². The zero-order valence-electron chi connectivity index (χ0n) is 14.2. The molecule has 1 fully saturated rings. The molecule has 3 heterocycles. The predicted octanol–water partition coefficient (Wildman–Crippen LogP) is 1.29. The first kappa shape index (κ1) is 17.1. The molecule has 1 saturated heterocycles. The highest BCUT2D eigenvalue weighted by Gasteiger charge is 2.36. The van der Waals surface area contributed by atoms with Crippen molar-refractivity contribution in [2.24, 2.45) is 0 Å². The summed E-state index contributed by atoms with van der Waals surface area (Å²) < 4.78 is 5.52. The Labute approximate surface area is 155 Å². The maximum atomic E-state index is 12.7. The maximum absolute atomic E-state index is 12.7. The molecule has 2 amide bonds. The van der Waals surface area contributed by atoms with E-state index >= 15 is 0 Å². The molecule has 0 saturated carbocycles. The van der Waals surface area contributed by atoms with Gasteiger partial charge < -0.3 is 15.4 Å². The van der Waals surface area contributed by atoms with E-state index in [9.17, 15) is 9.59 Å². The second kappa shape index (κ2) is 7.51. The van der Waals surface area contributed by atoms with E-state index in [1.165, 1.54) is 23.4 Å². The van der Waals surface area contributed by atoms with Crippen molar-refractivity contribution in [3.63, 3.8) is 0 Å². The summed E-state index contributed by atoms with van der Waals surface area (Å²) in [4.78, 5) is 34.4. The van der Waals surface area contributed by atoms with E-state index in [2.05, 4.69) is 20.6 Å². The Morgan fingerprint density at radius 3 is 3.08 bits per heavy atom. The smallest absolute Gasteiger partial charge is 0.252 e. The Balaban J connectivity index is 1.44. The molecule has 2 aromatic heterocycles. The van der Waals surface area contributed by atoms with Gasteiger partial charge in [-0.25, -0.2) is 4.98 Å². The van der Waals surface area contributed by atoms with Crippen LogP contribution in [-0.4, -0.2) is 34.5 Å². The molecule has 0 radical (unpaired) electrons. The van der Waals surface area contributed by atoms with Gasteiger partial charge in [-0.05, 0) is 37.3 Å². The van der Waals surface area contributed by atoms with Crippen molar-refractivity contribution >= 4 is 23.2 Å². The van der Waals surface area contributed by atoms with E-state index in [1.807, 2.05) is 6.07 Å². The van der Waals surface area contributed by atoms with Gasteiger partial charge in [0.05, 0.1) is 18.3 Å².